The Labute approximate surface area is 202 Å². The standard InChI is InChI=1S/C23H24ClF2NO5S2/c24-16-3-5-17(6-4-16)33(28,29)23-10-9-18(34(30,31)27-11-1-2-12-27)13-15(23)14-32-22-20(26)8-7-19(25)21(22)23/h3-8,15,18H,1-2,9-14H2. The lowest BCUT2D eigenvalue weighted by Gasteiger charge is -2.49. The summed E-state index contributed by atoms with van der Waals surface area (Å²) in [6.45, 7) is 0.653. The molecule has 0 N–H and O–H groups in total. The predicted molar refractivity (Wildman–Crippen MR) is 123 cm³/mol. The van der Waals surface area contributed by atoms with Crippen LogP contribution in [0.4, 0.5) is 8.78 Å². The zero-order valence-electron chi connectivity index (χ0n) is 18.2. The fourth-order valence-corrected chi connectivity index (χ4v) is 10.3. The number of nitrogens with zero attached hydrogens (tertiary/aromatic N) is 1. The monoisotopic (exact) mass is 531 g/mol. The maximum atomic E-state index is 15.3. The normalized spacial score (nSPS) is 27.6. The van der Waals surface area contributed by atoms with E-state index in [1.807, 2.05) is 0 Å². The van der Waals surface area contributed by atoms with Crippen LogP contribution in [-0.4, -0.2) is 46.1 Å². The molecule has 6 nitrogen and oxygen atoms in total. The molecule has 2 fully saturated rings. The van der Waals surface area contributed by atoms with E-state index in [1.165, 1.54) is 28.6 Å². The van der Waals surface area contributed by atoms with E-state index in [0.29, 0.717) is 18.1 Å². The summed E-state index contributed by atoms with van der Waals surface area (Å²) in [5.74, 6) is -3.05. The Morgan fingerprint density at radius 2 is 1.62 bits per heavy atom. The van der Waals surface area contributed by atoms with Gasteiger partial charge in [0.2, 0.25) is 10.0 Å². The number of sulfonamides is 1. The number of hydrogen-bond donors (Lipinski definition) is 0. The highest BCUT2D eigenvalue weighted by Crippen LogP contribution is 2.57. The van der Waals surface area contributed by atoms with E-state index in [2.05, 4.69) is 0 Å². The highest BCUT2D eigenvalue weighted by molar-refractivity contribution is 7.92. The zero-order chi connectivity index (χ0) is 24.3. The molecule has 2 aromatic rings. The number of halogens is 3. The maximum absolute atomic E-state index is 15.3. The lowest BCUT2D eigenvalue weighted by atomic mass is 9.73. The second-order valence-corrected chi connectivity index (χ2v) is 14.0. The third-order valence-corrected chi connectivity index (χ3v) is 12.6. The van der Waals surface area contributed by atoms with Crippen LogP contribution in [0, 0.1) is 17.6 Å². The summed E-state index contributed by atoms with van der Waals surface area (Å²) in [5.41, 5.74) is -0.351. The average Bonchev–Trinajstić information content (AvgIpc) is 3.37. The molecule has 0 aromatic heterocycles. The third-order valence-electron chi connectivity index (χ3n) is 7.41. The van der Waals surface area contributed by atoms with Crippen molar-refractivity contribution in [3.63, 3.8) is 0 Å². The molecule has 1 saturated heterocycles. The fourth-order valence-electron chi connectivity index (χ4n) is 5.73. The van der Waals surface area contributed by atoms with Crippen molar-refractivity contribution in [3.05, 3.63) is 58.6 Å². The maximum Gasteiger partial charge on any atom is 0.216 e. The molecule has 11 heteroatoms. The highest BCUT2D eigenvalue weighted by Gasteiger charge is 2.61. The molecule has 2 aromatic carbocycles. The summed E-state index contributed by atoms with van der Waals surface area (Å²) >= 11 is 5.95. The van der Waals surface area contributed by atoms with E-state index in [9.17, 15) is 21.2 Å². The van der Waals surface area contributed by atoms with Gasteiger partial charge in [-0.15, -0.1) is 0 Å². The first-order valence-electron chi connectivity index (χ1n) is 11.2. The van der Waals surface area contributed by atoms with Crippen molar-refractivity contribution >= 4 is 31.5 Å². The lowest BCUT2D eigenvalue weighted by Crippen LogP contribution is -2.55. The van der Waals surface area contributed by atoms with Crippen molar-refractivity contribution < 1.29 is 30.4 Å². The lowest BCUT2D eigenvalue weighted by molar-refractivity contribution is 0.125. The summed E-state index contributed by atoms with van der Waals surface area (Å²) in [7, 11) is -7.95. The topological polar surface area (TPSA) is 80.8 Å². The number of ether oxygens (including phenoxy) is 1. The Morgan fingerprint density at radius 1 is 0.971 bits per heavy atom. The Hall–Kier alpha value is -1.75. The molecule has 0 spiro atoms. The van der Waals surface area contributed by atoms with E-state index in [0.717, 1.165) is 25.0 Å². The van der Waals surface area contributed by atoms with Gasteiger partial charge in [0.25, 0.3) is 0 Å². The van der Waals surface area contributed by atoms with Crippen LogP contribution >= 0.6 is 11.6 Å². The molecule has 2 heterocycles. The number of rotatable bonds is 4. The smallest absolute Gasteiger partial charge is 0.216 e. The Bertz CT molecular complexity index is 1330. The molecule has 3 atom stereocenters. The number of benzene rings is 2. The van der Waals surface area contributed by atoms with Crippen molar-refractivity contribution in [1.29, 1.82) is 0 Å². The average molecular weight is 532 g/mol. The van der Waals surface area contributed by atoms with Crippen molar-refractivity contribution in [1.82, 2.24) is 4.31 Å². The van der Waals surface area contributed by atoms with Crippen LogP contribution in [-0.2, 0) is 24.6 Å². The van der Waals surface area contributed by atoms with Gasteiger partial charge in [0.15, 0.2) is 21.4 Å². The van der Waals surface area contributed by atoms with Gasteiger partial charge in [-0.05, 0) is 68.5 Å². The quantitative estimate of drug-likeness (QED) is 0.588. The van der Waals surface area contributed by atoms with Crippen molar-refractivity contribution in [2.75, 3.05) is 19.7 Å². The number of fused-ring (bicyclic) bond motifs is 3. The van der Waals surface area contributed by atoms with Crippen LogP contribution in [0.5, 0.6) is 5.75 Å². The third kappa shape index (κ3) is 3.48. The van der Waals surface area contributed by atoms with Gasteiger partial charge >= 0.3 is 0 Å². The van der Waals surface area contributed by atoms with E-state index >= 15 is 4.39 Å². The van der Waals surface area contributed by atoms with Crippen LogP contribution < -0.4 is 4.74 Å². The molecule has 1 saturated carbocycles. The van der Waals surface area contributed by atoms with Crippen LogP contribution in [0.1, 0.15) is 37.7 Å². The minimum atomic E-state index is -4.29. The van der Waals surface area contributed by atoms with Crippen molar-refractivity contribution in [2.45, 2.75) is 47.0 Å². The first-order chi connectivity index (χ1) is 16.1. The fraction of sp³-hybridized carbons (Fsp3) is 0.478. The minimum absolute atomic E-state index is 0.0115. The van der Waals surface area contributed by atoms with Crippen molar-refractivity contribution in [2.24, 2.45) is 5.92 Å². The predicted octanol–water partition coefficient (Wildman–Crippen LogP) is 4.27. The highest BCUT2D eigenvalue weighted by atomic mass is 35.5. The van der Waals surface area contributed by atoms with Gasteiger partial charge in [0.1, 0.15) is 10.6 Å². The molecular formula is C23H24ClF2NO5S2. The SMILES string of the molecule is O=S(=O)(C1CCC2(S(=O)(=O)c3ccc(Cl)cc3)c3c(F)ccc(F)c3OCC2C1)N1CCCC1. The van der Waals surface area contributed by atoms with E-state index in [1.54, 1.807) is 0 Å². The molecule has 2 aliphatic heterocycles. The van der Waals surface area contributed by atoms with Gasteiger partial charge in [-0.1, -0.05) is 11.6 Å². The summed E-state index contributed by atoms with van der Waals surface area (Å²) in [4.78, 5) is -0.0840. The first kappa shape index (κ1) is 24.0. The molecule has 3 aliphatic rings. The van der Waals surface area contributed by atoms with Gasteiger partial charge in [-0.2, -0.15) is 0 Å². The Kier molecular flexibility index (Phi) is 5.94. The zero-order valence-corrected chi connectivity index (χ0v) is 20.6. The molecule has 184 valence electrons. The molecule has 5 rings (SSSR count). The Morgan fingerprint density at radius 3 is 2.29 bits per heavy atom. The number of sulfone groups is 1. The van der Waals surface area contributed by atoms with E-state index in [4.69, 9.17) is 16.3 Å². The molecule has 34 heavy (non-hydrogen) atoms. The summed E-state index contributed by atoms with van der Waals surface area (Å²) < 4.78 is 90.0. The van der Waals surface area contributed by atoms with Crippen molar-refractivity contribution in [3.8, 4) is 5.75 Å². The summed E-state index contributed by atoms with van der Waals surface area (Å²) in [6, 6.07) is 7.32. The van der Waals surface area contributed by atoms with Crippen LogP contribution in [0.2, 0.25) is 5.02 Å². The van der Waals surface area contributed by atoms with Gasteiger partial charge in [0.05, 0.1) is 22.3 Å². The van der Waals surface area contributed by atoms with Gasteiger partial charge in [-0.3, -0.25) is 0 Å². The minimum Gasteiger partial charge on any atom is -0.490 e. The summed E-state index contributed by atoms with van der Waals surface area (Å²) in [6.07, 6.45) is 1.38. The second kappa shape index (κ2) is 8.43. The van der Waals surface area contributed by atoms with Gasteiger partial charge in [-0.25, -0.2) is 29.9 Å². The second-order valence-electron chi connectivity index (χ2n) is 9.14. The van der Waals surface area contributed by atoms with Gasteiger partial charge in [0, 0.05) is 24.0 Å². The first-order valence-corrected chi connectivity index (χ1v) is 14.6. The van der Waals surface area contributed by atoms with Gasteiger partial charge < -0.3 is 4.74 Å². The van der Waals surface area contributed by atoms with Crippen LogP contribution in [0.25, 0.3) is 0 Å². The molecule has 0 radical (unpaired) electrons. The molecule has 0 amide bonds. The summed E-state index contributed by atoms with van der Waals surface area (Å²) in [5, 5.41) is -0.482. The molecule has 0 bridgehead atoms. The Balaban J connectivity index is 1.66. The molecular weight excluding hydrogens is 508 g/mol. The van der Waals surface area contributed by atoms with Crippen LogP contribution in [0.15, 0.2) is 41.3 Å². The van der Waals surface area contributed by atoms with Crippen LogP contribution in [0.3, 0.4) is 0 Å². The van der Waals surface area contributed by atoms with E-state index < -0.39 is 53.2 Å². The number of hydrogen-bond acceptors (Lipinski definition) is 5. The molecule has 3 unspecified atom stereocenters. The van der Waals surface area contributed by atoms with E-state index in [-0.39, 0.29) is 36.3 Å². The largest absolute Gasteiger partial charge is 0.490 e. The molecule has 1 aliphatic carbocycles.